The Bertz CT molecular complexity index is 1060. The van der Waals surface area contributed by atoms with Crippen LogP contribution in [0, 0.1) is 0 Å². The SMILES string of the molecule is C=C1CC(C)(C)[NH+]=C(Nc2nc(-c3ccccc3)c3cc(Cl)ccc3n2)N1. The van der Waals surface area contributed by atoms with E-state index in [1.807, 2.05) is 48.5 Å². The molecule has 136 valence electrons. The summed E-state index contributed by atoms with van der Waals surface area (Å²) in [6, 6.07) is 15.7. The number of halogens is 1. The quantitative estimate of drug-likeness (QED) is 0.641. The van der Waals surface area contributed by atoms with Crippen molar-refractivity contribution in [3.8, 4) is 11.3 Å². The van der Waals surface area contributed by atoms with Crippen molar-refractivity contribution < 1.29 is 4.99 Å². The zero-order valence-electron chi connectivity index (χ0n) is 15.3. The van der Waals surface area contributed by atoms with Crippen LogP contribution in [0.15, 0.2) is 60.8 Å². The number of nitrogens with one attached hydrogen (secondary N) is 3. The zero-order chi connectivity index (χ0) is 19.0. The smallest absolute Gasteiger partial charge is 0.272 e. The Labute approximate surface area is 163 Å². The lowest BCUT2D eigenvalue weighted by Gasteiger charge is -2.25. The van der Waals surface area contributed by atoms with Crippen LogP contribution in [-0.4, -0.2) is 21.5 Å². The van der Waals surface area contributed by atoms with E-state index in [0.717, 1.165) is 40.2 Å². The summed E-state index contributed by atoms with van der Waals surface area (Å²) in [5.74, 6) is 1.23. The van der Waals surface area contributed by atoms with Crippen molar-refractivity contribution in [3.05, 3.63) is 65.8 Å². The van der Waals surface area contributed by atoms with Crippen molar-refractivity contribution >= 4 is 34.4 Å². The minimum Gasteiger partial charge on any atom is -0.272 e. The molecule has 0 unspecified atom stereocenters. The van der Waals surface area contributed by atoms with E-state index in [4.69, 9.17) is 16.6 Å². The molecule has 0 atom stereocenters. The molecule has 2 heterocycles. The van der Waals surface area contributed by atoms with Crippen LogP contribution in [0.1, 0.15) is 20.3 Å². The number of benzene rings is 2. The number of anilines is 1. The van der Waals surface area contributed by atoms with Crippen LogP contribution in [0.3, 0.4) is 0 Å². The Kier molecular flexibility index (Phi) is 4.32. The number of nitrogens with zero attached hydrogens (tertiary/aromatic N) is 2. The van der Waals surface area contributed by atoms with E-state index in [0.29, 0.717) is 11.0 Å². The van der Waals surface area contributed by atoms with Gasteiger partial charge in [-0.1, -0.05) is 48.5 Å². The van der Waals surface area contributed by atoms with E-state index < -0.39 is 0 Å². The van der Waals surface area contributed by atoms with Gasteiger partial charge in [0.15, 0.2) is 0 Å². The van der Waals surface area contributed by atoms with Crippen LogP contribution in [-0.2, 0) is 0 Å². The number of hydrogen-bond acceptors (Lipinski definition) is 4. The van der Waals surface area contributed by atoms with Gasteiger partial charge in [0, 0.05) is 22.4 Å². The molecular formula is C21H21ClN5+. The van der Waals surface area contributed by atoms with E-state index in [-0.39, 0.29) is 5.54 Å². The minimum absolute atomic E-state index is 0.0999. The van der Waals surface area contributed by atoms with Gasteiger partial charge in [-0.15, -0.1) is 0 Å². The number of rotatable bonds is 2. The van der Waals surface area contributed by atoms with Gasteiger partial charge in [0.25, 0.3) is 5.95 Å². The van der Waals surface area contributed by atoms with Crippen LogP contribution in [0.25, 0.3) is 22.2 Å². The summed E-state index contributed by atoms with van der Waals surface area (Å²) in [4.78, 5) is 12.8. The lowest BCUT2D eigenvalue weighted by atomic mass is 9.98. The molecule has 4 rings (SSSR count). The highest BCUT2D eigenvalue weighted by Gasteiger charge is 2.29. The van der Waals surface area contributed by atoms with Gasteiger partial charge in [-0.2, -0.15) is 9.97 Å². The largest absolute Gasteiger partial charge is 0.355 e. The third-order valence-corrected chi connectivity index (χ3v) is 4.60. The average molecular weight is 379 g/mol. The van der Waals surface area contributed by atoms with Gasteiger partial charge in [0.05, 0.1) is 22.4 Å². The van der Waals surface area contributed by atoms with Gasteiger partial charge in [-0.05, 0) is 32.0 Å². The Morgan fingerprint density at radius 3 is 2.67 bits per heavy atom. The molecule has 0 fully saturated rings. The first-order valence-electron chi connectivity index (χ1n) is 8.79. The molecule has 3 N–H and O–H groups in total. The molecule has 1 aromatic heterocycles. The molecule has 0 amide bonds. The Morgan fingerprint density at radius 2 is 1.93 bits per heavy atom. The summed E-state index contributed by atoms with van der Waals surface area (Å²) in [5, 5.41) is 8.07. The minimum atomic E-state index is -0.0999. The molecule has 3 aromatic rings. The monoisotopic (exact) mass is 378 g/mol. The number of fused-ring (bicyclic) bond motifs is 1. The van der Waals surface area contributed by atoms with E-state index in [1.165, 1.54) is 0 Å². The fraction of sp³-hybridized carbons (Fsp3) is 0.190. The standard InChI is InChI=1S/C21H20ClN5/c1-13-12-21(2,3)27-20(23-13)26-19-24-17-10-9-15(22)11-16(17)18(25-19)14-7-5-4-6-8-14/h4-11H,1,12H2,2-3H3,(H2,23,24,25,26,27)/p+1. The second kappa shape index (κ2) is 6.67. The lowest BCUT2D eigenvalue weighted by molar-refractivity contribution is -0.549. The molecule has 2 aromatic carbocycles. The first-order chi connectivity index (χ1) is 12.9. The highest BCUT2D eigenvalue weighted by molar-refractivity contribution is 6.31. The maximum absolute atomic E-state index is 6.22. The molecule has 6 heteroatoms. The predicted molar refractivity (Wildman–Crippen MR) is 111 cm³/mol. The van der Waals surface area contributed by atoms with Gasteiger partial charge in [-0.3, -0.25) is 4.99 Å². The van der Waals surface area contributed by atoms with Crippen molar-refractivity contribution in [3.63, 3.8) is 0 Å². The van der Waals surface area contributed by atoms with Gasteiger partial charge >= 0.3 is 5.96 Å². The Balaban J connectivity index is 1.82. The maximum Gasteiger partial charge on any atom is 0.355 e. The van der Waals surface area contributed by atoms with E-state index in [9.17, 15) is 0 Å². The van der Waals surface area contributed by atoms with Crippen molar-refractivity contribution in [2.24, 2.45) is 0 Å². The average Bonchev–Trinajstić information content (AvgIpc) is 2.60. The van der Waals surface area contributed by atoms with Crippen molar-refractivity contribution in [2.45, 2.75) is 25.8 Å². The molecule has 0 aliphatic carbocycles. The fourth-order valence-electron chi connectivity index (χ4n) is 3.32. The van der Waals surface area contributed by atoms with Gasteiger partial charge in [0.1, 0.15) is 0 Å². The molecular weight excluding hydrogens is 358 g/mol. The van der Waals surface area contributed by atoms with Crippen molar-refractivity contribution in [1.29, 1.82) is 0 Å². The first kappa shape index (κ1) is 17.5. The maximum atomic E-state index is 6.22. The van der Waals surface area contributed by atoms with Crippen molar-refractivity contribution in [1.82, 2.24) is 15.3 Å². The molecule has 1 aliphatic heterocycles. The lowest BCUT2D eigenvalue weighted by Crippen LogP contribution is -2.90. The summed E-state index contributed by atoms with van der Waals surface area (Å²) >= 11 is 6.22. The first-order valence-corrected chi connectivity index (χ1v) is 9.17. The Morgan fingerprint density at radius 1 is 1.15 bits per heavy atom. The predicted octanol–water partition coefficient (Wildman–Crippen LogP) is 3.08. The molecule has 0 bridgehead atoms. The third kappa shape index (κ3) is 3.78. The number of hydrogen-bond donors (Lipinski definition) is 3. The topological polar surface area (TPSA) is 63.8 Å². The molecule has 5 nitrogen and oxygen atoms in total. The molecule has 0 spiro atoms. The van der Waals surface area contributed by atoms with E-state index in [2.05, 4.69) is 41.0 Å². The fourth-order valence-corrected chi connectivity index (χ4v) is 3.49. The second-order valence-corrected chi connectivity index (χ2v) is 7.77. The second-order valence-electron chi connectivity index (χ2n) is 7.34. The van der Waals surface area contributed by atoms with Crippen LogP contribution < -0.4 is 15.6 Å². The van der Waals surface area contributed by atoms with Gasteiger partial charge in [0.2, 0.25) is 0 Å². The van der Waals surface area contributed by atoms with Crippen LogP contribution >= 0.6 is 11.6 Å². The number of guanidine groups is 1. The van der Waals surface area contributed by atoms with E-state index >= 15 is 0 Å². The summed E-state index contributed by atoms with van der Waals surface area (Å²) in [5.41, 5.74) is 3.51. The zero-order valence-corrected chi connectivity index (χ0v) is 16.1. The van der Waals surface area contributed by atoms with Crippen LogP contribution in [0.5, 0.6) is 0 Å². The summed E-state index contributed by atoms with van der Waals surface area (Å²) < 4.78 is 0. The van der Waals surface area contributed by atoms with Crippen LogP contribution in [0.2, 0.25) is 5.02 Å². The molecule has 27 heavy (non-hydrogen) atoms. The van der Waals surface area contributed by atoms with Crippen molar-refractivity contribution in [2.75, 3.05) is 5.32 Å². The molecule has 0 saturated heterocycles. The molecule has 1 aliphatic rings. The molecule has 0 radical (unpaired) electrons. The number of aromatic nitrogens is 2. The highest BCUT2D eigenvalue weighted by Crippen LogP contribution is 2.29. The molecule has 0 saturated carbocycles. The normalized spacial score (nSPS) is 16.0. The van der Waals surface area contributed by atoms with Gasteiger partial charge < -0.3 is 0 Å². The highest BCUT2D eigenvalue weighted by atomic mass is 35.5. The van der Waals surface area contributed by atoms with E-state index in [1.54, 1.807) is 0 Å². The Hall–Kier alpha value is -2.92. The van der Waals surface area contributed by atoms with Crippen LogP contribution in [0.4, 0.5) is 5.95 Å². The third-order valence-electron chi connectivity index (χ3n) is 4.36. The van der Waals surface area contributed by atoms with Gasteiger partial charge in [-0.25, -0.2) is 10.6 Å². The summed E-state index contributed by atoms with van der Waals surface area (Å²) in [7, 11) is 0. The summed E-state index contributed by atoms with van der Waals surface area (Å²) in [6.45, 7) is 8.31. The summed E-state index contributed by atoms with van der Waals surface area (Å²) in [6.07, 6.45) is 0.838.